The molecule has 0 radical (unpaired) electrons. The minimum atomic E-state index is -2.22. The molecule has 0 amide bonds. The first kappa shape index (κ1) is 21.2. The number of hydrogen-bond acceptors (Lipinski definition) is 7. The van der Waals surface area contributed by atoms with E-state index in [2.05, 4.69) is 61.5 Å². The van der Waals surface area contributed by atoms with Crippen molar-refractivity contribution in [2.75, 3.05) is 5.73 Å². The number of nitrogens with one attached hydrogen (secondary N) is 1. The van der Waals surface area contributed by atoms with Crippen molar-refractivity contribution < 1.29 is 9.22 Å². The standard InChI is InChI=1S/C18H29N5O3Si/c1-9(2)27(10(3)4,11(5)6)26-12(7)15(24)13-8-20-16-14(21-13)17(25)23-18(19)22-16/h8-12H,1-7H3,(H3,19,20,22,23,25)/t12-/m0/s1. The lowest BCUT2D eigenvalue weighted by molar-refractivity contribution is 0.0783. The minimum absolute atomic E-state index is 0.0117. The van der Waals surface area contributed by atoms with Crippen molar-refractivity contribution in [3.8, 4) is 0 Å². The van der Waals surface area contributed by atoms with Gasteiger partial charge in [0, 0.05) is 0 Å². The first-order valence-electron chi connectivity index (χ1n) is 9.25. The van der Waals surface area contributed by atoms with Gasteiger partial charge in [0.25, 0.3) is 5.56 Å². The molecule has 9 heteroatoms. The van der Waals surface area contributed by atoms with Gasteiger partial charge in [-0.15, -0.1) is 0 Å². The van der Waals surface area contributed by atoms with E-state index in [4.69, 9.17) is 10.2 Å². The highest BCUT2D eigenvalue weighted by Crippen LogP contribution is 2.43. The molecule has 148 valence electrons. The molecule has 0 saturated carbocycles. The summed E-state index contributed by atoms with van der Waals surface area (Å²) in [5.41, 5.74) is 6.23. The van der Waals surface area contributed by atoms with Gasteiger partial charge < -0.3 is 10.2 Å². The highest BCUT2D eigenvalue weighted by molar-refractivity contribution is 6.77. The highest BCUT2D eigenvalue weighted by atomic mass is 28.4. The third-order valence-electron chi connectivity index (χ3n) is 5.15. The van der Waals surface area contributed by atoms with Gasteiger partial charge in [-0.2, -0.15) is 4.98 Å². The number of nitrogens with two attached hydrogens (primary N) is 1. The minimum Gasteiger partial charge on any atom is -0.406 e. The quantitative estimate of drug-likeness (QED) is 0.549. The van der Waals surface area contributed by atoms with E-state index in [0.29, 0.717) is 16.6 Å². The average molecular weight is 392 g/mol. The zero-order chi connectivity index (χ0) is 20.5. The topological polar surface area (TPSA) is 124 Å². The SMILES string of the molecule is CC(C)[Si](O[C@@H](C)C(=O)c1cnc2nc(N)[nH]c(=O)c2n1)(C(C)C)C(C)C. The smallest absolute Gasteiger partial charge is 0.280 e. The molecule has 27 heavy (non-hydrogen) atoms. The van der Waals surface area contributed by atoms with Gasteiger partial charge in [0.1, 0.15) is 11.8 Å². The second-order valence-electron chi connectivity index (χ2n) is 7.82. The molecule has 0 unspecified atom stereocenters. The highest BCUT2D eigenvalue weighted by Gasteiger charge is 2.47. The molecule has 0 aliphatic heterocycles. The van der Waals surface area contributed by atoms with Crippen LogP contribution in [-0.2, 0) is 4.43 Å². The van der Waals surface area contributed by atoms with E-state index in [1.54, 1.807) is 6.92 Å². The molecular weight excluding hydrogens is 362 g/mol. The fourth-order valence-corrected chi connectivity index (χ4v) is 9.57. The molecule has 2 aromatic heterocycles. The number of hydrogen-bond donors (Lipinski definition) is 2. The molecule has 0 spiro atoms. The maximum Gasteiger partial charge on any atom is 0.280 e. The zero-order valence-electron chi connectivity index (χ0n) is 17.0. The summed E-state index contributed by atoms with van der Waals surface area (Å²) in [6.07, 6.45) is 0.649. The van der Waals surface area contributed by atoms with Gasteiger partial charge in [0.05, 0.1) is 6.20 Å². The maximum atomic E-state index is 12.9. The van der Waals surface area contributed by atoms with Crippen molar-refractivity contribution in [1.82, 2.24) is 19.9 Å². The van der Waals surface area contributed by atoms with Gasteiger partial charge in [-0.3, -0.25) is 14.6 Å². The van der Waals surface area contributed by atoms with Crippen molar-refractivity contribution >= 4 is 31.2 Å². The molecule has 2 aromatic rings. The summed E-state index contributed by atoms with van der Waals surface area (Å²) in [4.78, 5) is 39.5. The number of fused-ring (bicyclic) bond motifs is 1. The maximum absolute atomic E-state index is 12.9. The fourth-order valence-electron chi connectivity index (χ4n) is 4.03. The third kappa shape index (κ3) is 3.93. The summed E-state index contributed by atoms with van der Waals surface area (Å²) in [7, 11) is -2.22. The van der Waals surface area contributed by atoms with E-state index in [1.807, 2.05) is 0 Å². The molecule has 2 rings (SSSR count). The molecule has 0 bridgehead atoms. The number of ketones is 1. The predicted octanol–water partition coefficient (Wildman–Crippen LogP) is 3.06. The lowest BCUT2D eigenvalue weighted by atomic mass is 10.2. The van der Waals surface area contributed by atoms with Gasteiger partial charge in [0.2, 0.25) is 20.0 Å². The van der Waals surface area contributed by atoms with Gasteiger partial charge in [-0.1, -0.05) is 41.5 Å². The van der Waals surface area contributed by atoms with Crippen LogP contribution in [0, 0.1) is 0 Å². The largest absolute Gasteiger partial charge is 0.406 e. The van der Waals surface area contributed by atoms with Crippen LogP contribution in [0.2, 0.25) is 16.6 Å². The van der Waals surface area contributed by atoms with E-state index < -0.39 is 20.0 Å². The first-order chi connectivity index (χ1) is 12.5. The number of aromatic nitrogens is 4. The molecular formula is C18H29N5O3Si. The Morgan fingerprint density at radius 1 is 1.07 bits per heavy atom. The van der Waals surface area contributed by atoms with Gasteiger partial charge in [-0.05, 0) is 23.5 Å². The van der Waals surface area contributed by atoms with Crippen LogP contribution in [0.5, 0.6) is 0 Å². The second kappa shape index (κ2) is 7.85. The summed E-state index contributed by atoms with van der Waals surface area (Å²) in [6, 6.07) is 0. The molecule has 8 nitrogen and oxygen atoms in total. The van der Waals surface area contributed by atoms with Crippen LogP contribution in [0.25, 0.3) is 11.2 Å². The summed E-state index contributed by atoms with van der Waals surface area (Å²) in [5, 5.41) is 0. The van der Waals surface area contributed by atoms with Gasteiger partial charge in [0.15, 0.2) is 11.2 Å². The number of aromatic amines is 1. The van der Waals surface area contributed by atoms with Crippen LogP contribution in [0.4, 0.5) is 5.95 Å². The Hall–Kier alpha value is -2.13. The number of nitrogen functional groups attached to an aromatic ring is 1. The van der Waals surface area contributed by atoms with E-state index in [9.17, 15) is 9.59 Å². The number of nitrogens with zero attached hydrogens (tertiary/aromatic N) is 3. The monoisotopic (exact) mass is 391 g/mol. The summed E-state index contributed by atoms with van der Waals surface area (Å²) in [6.45, 7) is 14.7. The van der Waals surface area contributed by atoms with Gasteiger partial charge in [-0.25, -0.2) is 9.97 Å². The number of H-pyrrole nitrogens is 1. The van der Waals surface area contributed by atoms with E-state index in [0.717, 1.165) is 0 Å². The predicted molar refractivity (Wildman–Crippen MR) is 108 cm³/mol. The van der Waals surface area contributed by atoms with Crippen molar-refractivity contribution in [1.29, 1.82) is 0 Å². The molecule has 0 fully saturated rings. The van der Waals surface area contributed by atoms with Crippen LogP contribution in [-0.4, -0.2) is 40.1 Å². The van der Waals surface area contributed by atoms with Crippen LogP contribution in [0.3, 0.4) is 0 Å². The number of carbonyl (C=O) groups is 1. The van der Waals surface area contributed by atoms with Crippen molar-refractivity contribution in [3.05, 3.63) is 22.2 Å². The van der Waals surface area contributed by atoms with Gasteiger partial charge >= 0.3 is 0 Å². The Morgan fingerprint density at radius 2 is 1.63 bits per heavy atom. The molecule has 2 heterocycles. The third-order valence-corrected chi connectivity index (χ3v) is 11.3. The molecule has 0 aliphatic carbocycles. The summed E-state index contributed by atoms with van der Waals surface area (Å²) < 4.78 is 6.50. The number of rotatable bonds is 7. The zero-order valence-corrected chi connectivity index (χ0v) is 18.0. The average Bonchev–Trinajstić information content (AvgIpc) is 2.57. The Morgan fingerprint density at radius 3 is 2.15 bits per heavy atom. The van der Waals surface area contributed by atoms with E-state index in [-0.39, 0.29) is 28.6 Å². The lowest BCUT2D eigenvalue weighted by Gasteiger charge is -2.43. The van der Waals surface area contributed by atoms with Crippen molar-refractivity contribution in [2.24, 2.45) is 0 Å². The van der Waals surface area contributed by atoms with Crippen molar-refractivity contribution in [2.45, 2.75) is 71.2 Å². The van der Waals surface area contributed by atoms with Crippen molar-refractivity contribution in [3.63, 3.8) is 0 Å². The number of Topliss-reactive ketones (excluding diaryl/α,β-unsaturated/α-hetero) is 1. The molecule has 3 N–H and O–H groups in total. The lowest BCUT2D eigenvalue weighted by Crippen LogP contribution is -2.51. The normalized spacial score (nSPS) is 13.7. The Balaban J connectivity index is 2.39. The summed E-state index contributed by atoms with van der Waals surface area (Å²) >= 11 is 0. The Kier molecular flexibility index (Phi) is 6.16. The van der Waals surface area contributed by atoms with Crippen LogP contribution in [0.15, 0.2) is 11.0 Å². The fraction of sp³-hybridized carbons (Fsp3) is 0.611. The Labute approximate surface area is 160 Å². The van der Waals surface area contributed by atoms with Crippen LogP contribution in [0.1, 0.15) is 59.0 Å². The molecule has 1 atom stereocenters. The Bertz CT molecular complexity index is 872. The molecule has 0 aliphatic rings. The van der Waals surface area contributed by atoms with E-state index >= 15 is 0 Å². The van der Waals surface area contributed by atoms with E-state index in [1.165, 1.54) is 6.20 Å². The summed E-state index contributed by atoms with van der Waals surface area (Å²) in [5.74, 6) is -0.335. The molecule has 0 saturated heterocycles. The number of anilines is 1. The van der Waals surface area contributed by atoms with Crippen LogP contribution >= 0.6 is 0 Å². The van der Waals surface area contributed by atoms with Crippen LogP contribution < -0.4 is 11.3 Å². The molecule has 0 aromatic carbocycles. The number of carbonyl (C=O) groups excluding carboxylic acids is 1. The first-order valence-corrected chi connectivity index (χ1v) is 11.4. The second-order valence-corrected chi connectivity index (χ2v) is 13.2.